The maximum atomic E-state index is 5.63. The highest BCUT2D eigenvalue weighted by molar-refractivity contribution is 7.13. The Hall–Kier alpha value is -1.55. The summed E-state index contributed by atoms with van der Waals surface area (Å²) in [5, 5.41) is 2.68. The van der Waals surface area contributed by atoms with E-state index in [0.29, 0.717) is 5.13 Å². The number of hydrogen-bond donors (Lipinski definition) is 1. The first kappa shape index (κ1) is 12.9. The van der Waals surface area contributed by atoms with Gasteiger partial charge in [-0.25, -0.2) is 4.98 Å². The van der Waals surface area contributed by atoms with Gasteiger partial charge in [-0.2, -0.15) is 0 Å². The van der Waals surface area contributed by atoms with Crippen molar-refractivity contribution in [1.82, 2.24) is 4.98 Å². The van der Waals surface area contributed by atoms with Gasteiger partial charge < -0.3 is 10.6 Å². The van der Waals surface area contributed by atoms with Crippen molar-refractivity contribution in [2.45, 2.75) is 20.3 Å². The Morgan fingerprint density at radius 1 is 1.33 bits per heavy atom. The van der Waals surface area contributed by atoms with Crippen molar-refractivity contribution in [3.05, 3.63) is 40.4 Å². The van der Waals surface area contributed by atoms with Gasteiger partial charge in [-0.3, -0.25) is 0 Å². The third kappa shape index (κ3) is 3.01. The number of thiazole rings is 1. The Morgan fingerprint density at radius 2 is 2.11 bits per heavy atom. The van der Waals surface area contributed by atoms with Crippen molar-refractivity contribution in [3.8, 4) is 0 Å². The highest BCUT2D eigenvalue weighted by Crippen LogP contribution is 2.20. The zero-order valence-electron chi connectivity index (χ0n) is 11.1. The minimum atomic E-state index is 0.652. The van der Waals surface area contributed by atoms with E-state index in [1.165, 1.54) is 28.2 Å². The van der Waals surface area contributed by atoms with Crippen LogP contribution in [0.2, 0.25) is 0 Å². The van der Waals surface area contributed by atoms with E-state index in [-0.39, 0.29) is 0 Å². The smallest absolute Gasteiger partial charge is 0.180 e. The van der Waals surface area contributed by atoms with Crippen LogP contribution >= 0.6 is 11.3 Å². The van der Waals surface area contributed by atoms with Gasteiger partial charge in [0.05, 0.1) is 5.69 Å². The monoisotopic (exact) mass is 261 g/mol. The van der Waals surface area contributed by atoms with Crippen LogP contribution in [-0.2, 0) is 6.42 Å². The fraction of sp³-hybridized carbons (Fsp3) is 0.357. The van der Waals surface area contributed by atoms with Crippen molar-refractivity contribution in [2.75, 3.05) is 24.2 Å². The quantitative estimate of drug-likeness (QED) is 0.920. The zero-order chi connectivity index (χ0) is 13.1. The molecule has 0 bridgehead atoms. The first-order valence-corrected chi connectivity index (χ1v) is 6.92. The molecule has 0 spiro atoms. The van der Waals surface area contributed by atoms with Crippen molar-refractivity contribution in [1.29, 1.82) is 0 Å². The Kier molecular flexibility index (Phi) is 3.87. The summed E-state index contributed by atoms with van der Waals surface area (Å²) in [4.78, 5) is 6.55. The second-order valence-electron chi connectivity index (χ2n) is 4.64. The third-order valence-electron chi connectivity index (χ3n) is 3.04. The van der Waals surface area contributed by atoms with Gasteiger partial charge in [0.25, 0.3) is 0 Å². The van der Waals surface area contributed by atoms with E-state index in [1.807, 2.05) is 5.38 Å². The first-order valence-electron chi connectivity index (χ1n) is 6.04. The largest absolute Gasteiger partial charge is 0.375 e. The van der Waals surface area contributed by atoms with Crippen LogP contribution in [-0.4, -0.2) is 18.6 Å². The number of aryl methyl sites for hydroxylation is 2. The summed E-state index contributed by atoms with van der Waals surface area (Å²) in [7, 11) is 2.12. The molecule has 0 fully saturated rings. The molecule has 4 heteroatoms. The highest BCUT2D eigenvalue weighted by atomic mass is 32.1. The Balaban J connectivity index is 2.01. The molecule has 0 aliphatic heterocycles. The summed E-state index contributed by atoms with van der Waals surface area (Å²) < 4.78 is 0. The molecule has 1 heterocycles. The number of aromatic nitrogens is 1. The molecule has 2 rings (SSSR count). The van der Waals surface area contributed by atoms with E-state index >= 15 is 0 Å². The summed E-state index contributed by atoms with van der Waals surface area (Å²) in [6, 6.07) is 6.55. The molecule has 1 aromatic heterocycles. The molecule has 2 aromatic rings. The lowest BCUT2D eigenvalue weighted by Crippen LogP contribution is -2.21. The van der Waals surface area contributed by atoms with Crippen LogP contribution in [0.15, 0.2) is 23.6 Å². The number of nitrogen functional groups attached to an aromatic ring is 1. The van der Waals surface area contributed by atoms with Crippen molar-refractivity contribution < 1.29 is 0 Å². The Bertz CT molecular complexity index is 534. The minimum Gasteiger partial charge on any atom is -0.375 e. The molecule has 18 heavy (non-hydrogen) atoms. The number of nitrogens with two attached hydrogens (primary N) is 1. The van der Waals surface area contributed by atoms with Gasteiger partial charge in [0.15, 0.2) is 5.13 Å². The molecule has 1 aromatic carbocycles. The third-order valence-corrected chi connectivity index (χ3v) is 3.76. The van der Waals surface area contributed by atoms with Gasteiger partial charge in [-0.15, -0.1) is 11.3 Å². The molecule has 0 aliphatic rings. The van der Waals surface area contributed by atoms with Crippen LogP contribution in [0.4, 0.5) is 10.8 Å². The maximum Gasteiger partial charge on any atom is 0.180 e. The van der Waals surface area contributed by atoms with Gasteiger partial charge in [0.1, 0.15) is 0 Å². The number of benzene rings is 1. The highest BCUT2D eigenvalue weighted by Gasteiger charge is 2.06. The van der Waals surface area contributed by atoms with Crippen LogP contribution in [0.1, 0.15) is 16.8 Å². The molecule has 0 amide bonds. The molecule has 0 radical (unpaired) electrons. The van der Waals surface area contributed by atoms with E-state index < -0.39 is 0 Å². The van der Waals surface area contributed by atoms with E-state index in [4.69, 9.17) is 5.73 Å². The molecule has 0 atom stereocenters. The van der Waals surface area contributed by atoms with Crippen molar-refractivity contribution in [2.24, 2.45) is 0 Å². The summed E-state index contributed by atoms with van der Waals surface area (Å²) in [5.41, 5.74) is 10.6. The zero-order valence-corrected chi connectivity index (χ0v) is 11.9. The van der Waals surface area contributed by atoms with Crippen LogP contribution in [0.3, 0.4) is 0 Å². The first-order chi connectivity index (χ1) is 8.56. The predicted octanol–water partition coefficient (Wildman–Crippen LogP) is 3.02. The lowest BCUT2D eigenvalue weighted by Gasteiger charge is -2.21. The van der Waals surface area contributed by atoms with Gasteiger partial charge in [-0.05, 0) is 25.5 Å². The molecule has 0 aliphatic carbocycles. The van der Waals surface area contributed by atoms with Gasteiger partial charge in [0, 0.05) is 31.1 Å². The van der Waals surface area contributed by atoms with Crippen molar-refractivity contribution >= 4 is 22.2 Å². The van der Waals surface area contributed by atoms with Gasteiger partial charge in [0.2, 0.25) is 0 Å². The van der Waals surface area contributed by atoms with Gasteiger partial charge >= 0.3 is 0 Å². The lowest BCUT2D eigenvalue weighted by molar-refractivity contribution is 0.856. The predicted molar refractivity (Wildman–Crippen MR) is 79.4 cm³/mol. The lowest BCUT2D eigenvalue weighted by atomic mass is 10.1. The van der Waals surface area contributed by atoms with E-state index in [2.05, 4.69) is 49.0 Å². The molecule has 0 saturated heterocycles. The SMILES string of the molecule is Cc1ccc(N(C)CCc2csc(N)n2)c(C)c1. The summed E-state index contributed by atoms with van der Waals surface area (Å²) >= 11 is 1.51. The van der Waals surface area contributed by atoms with Crippen LogP contribution in [0.25, 0.3) is 0 Å². The molecule has 2 N–H and O–H groups in total. The summed E-state index contributed by atoms with van der Waals surface area (Å²) in [6.07, 6.45) is 0.928. The fourth-order valence-electron chi connectivity index (χ4n) is 2.07. The molecular weight excluding hydrogens is 242 g/mol. The molecule has 3 nitrogen and oxygen atoms in total. The summed E-state index contributed by atoms with van der Waals surface area (Å²) in [5.74, 6) is 0. The van der Waals surface area contributed by atoms with Crippen LogP contribution < -0.4 is 10.6 Å². The Morgan fingerprint density at radius 3 is 2.72 bits per heavy atom. The van der Waals surface area contributed by atoms with E-state index in [1.54, 1.807) is 0 Å². The summed E-state index contributed by atoms with van der Waals surface area (Å²) in [6.45, 7) is 5.22. The minimum absolute atomic E-state index is 0.652. The second kappa shape index (κ2) is 5.40. The van der Waals surface area contributed by atoms with E-state index in [9.17, 15) is 0 Å². The van der Waals surface area contributed by atoms with Crippen LogP contribution in [0, 0.1) is 13.8 Å². The standard InChI is InChI=1S/C14H19N3S/c1-10-4-5-13(11(2)8-10)17(3)7-6-12-9-18-14(15)16-12/h4-5,8-9H,6-7H2,1-3H3,(H2,15,16). The van der Waals surface area contributed by atoms with Crippen molar-refractivity contribution in [3.63, 3.8) is 0 Å². The number of rotatable bonds is 4. The van der Waals surface area contributed by atoms with Crippen LogP contribution in [0.5, 0.6) is 0 Å². The average molecular weight is 261 g/mol. The molecule has 0 unspecified atom stereocenters. The molecular formula is C14H19N3S. The Labute approximate surface area is 112 Å². The number of anilines is 2. The number of nitrogens with zero attached hydrogens (tertiary/aromatic N) is 2. The normalized spacial score (nSPS) is 10.6. The molecule has 96 valence electrons. The topological polar surface area (TPSA) is 42.1 Å². The number of likely N-dealkylation sites (N-methyl/N-ethyl adjacent to an activating group) is 1. The van der Waals surface area contributed by atoms with E-state index in [0.717, 1.165) is 18.7 Å². The fourth-order valence-corrected chi connectivity index (χ4v) is 2.67. The average Bonchev–Trinajstić information content (AvgIpc) is 2.72. The van der Waals surface area contributed by atoms with Gasteiger partial charge in [-0.1, -0.05) is 17.7 Å². The maximum absolute atomic E-state index is 5.63. The molecule has 0 saturated carbocycles. The number of hydrogen-bond acceptors (Lipinski definition) is 4. The second-order valence-corrected chi connectivity index (χ2v) is 5.53.